The zero-order chi connectivity index (χ0) is 20.8. The minimum Gasteiger partial charge on any atom is -0.469 e. The lowest BCUT2D eigenvalue weighted by Crippen LogP contribution is -2.48. The summed E-state index contributed by atoms with van der Waals surface area (Å²) in [5.74, 6) is -0.0297. The molecule has 156 valence electrons. The first kappa shape index (κ1) is 19.2. The zero-order valence-corrected chi connectivity index (χ0v) is 17.4. The van der Waals surface area contributed by atoms with E-state index in [4.69, 9.17) is 4.74 Å². The number of rotatable bonds is 3. The Labute approximate surface area is 177 Å². The average molecular weight is 405 g/mol. The SMILES string of the molecule is COC(=O)C12CCC(c3ccc(NC(=O)N4Cc5ccccc5C4)cc3)(CC1)CC2. The fraction of sp³-hybridized carbons (Fsp3) is 0.440. The molecule has 2 aromatic rings. The molecule has 0 atom stereocenters. The number of carbonyl (C=O) groups is 2. The van der Waals surface area contributed by atoms with Gasteiger partial charge in [-0.25, -0.2) is 4.79 Å². The summed E-state index contributed by atoms with van der Waals surface area (Å²) < 4.78 is 5.08. The molecule has 3 saturated carbocycles. The molecule has 0 radical (unpaired) electrons. The van der Waals surface area contributed by atoms with Crippen LogP contribution in [0, 0.1) is 5.41 Å². The molecule has 1 heterocycles. The minimum atomic E-state index is -0.252. The van der Waals surface area contributed by atoms with Crippen LogP contribution in [0.3, 0.4) is 0 Å². The highest BCUT2D eigenvalue weighted by Gasteiger charge is 2.53. The van der Waals surface area contributed by atoms with Crippen molar-refractivity contribution in [3.05, 3.63) is 65.2 Å². The second-order valence-electron chi connectivity index (χ2n) is 9.18. The van der Waals surface area contributed by atoms with Gasteiger partial charge >= 0.3 is 12.0 Å². The quantitative estimate of drug-likeness (QED) is 0.733. The first-order valence-corrected chi connectivity index (χ1v) is 10.9. The van der Waals surface area contributed by atoms with Crippen LogP contribution in [0.1, 0.15) is 55.2 Å². The van der Waals surface area contributed by atoms with E-state index in [-0.39, 0.29) is 22.8 Å². The Bertz CT molecular complexity index is 933. The number of methoxy groups -OCH3 is 1. The van der Waals surface area contributed by atoms with Crippen LogP contribution in [-0.2, 0) is 28.0 Å². The molecule has 0 unspecified atom stereocenters. The molecule has 5 nitrogen and oxygen atoms in total. The number of benzene rings is 2. The molecule has 0 saturated heterocycles. The molecule has 1 aliphatic heterocycles. The molecule has 3 fully saturated rings. The van der Waals surface area contributed by atoms with E-state index in [9.17, 15) is 9.59 Å². The van der Waals surface area contributed by atoms with Crippen molar-refractivity contribution >= 4 is 17.7 Å². The van der Waals surface area contributed by atoms with Crippen molar-refractivity contribution in [2.24, 2.45) is 5.41 Å². The van der Waals surface area contributed by atoms with Crippen LogP contribution in [0.4, 0.5) is 10.5 Å². The maximum absolute atomic E-state index is 12.7. The summed E-state index contributed by atoms with van der Waals surface area (Å²) in [6.07, 6.45) is 5.81. The summed E-state index contributed by atoms with van der Waals surface area (Å²) in [5, 5.41) is 3.04. The molecule has 5 heteroatoms. The minimum absolute atomic E-state index is 0.0297. The van der Waals surface area contributed by atoms with Crippen molar-refractivity contribution in [3.8, 4) is 0 Å². The van der Waals surface area contributed by atoms with Gasteiger partial charge < -0.3 is 15.0 Å². The smallest absolute Gasteiger partial charge is 0.322 e. The summed E-state index contributed by atoms with van der Waals surface area (Å²) in [6.45, 7) is 1.32. The lowest BCUT2D eigenvalue weighted by molar-refractivity contribution is -0.160. The van der Waals surface area contributed by atoms with Gasteiger partial charge in [-0.1, -0.05) is 36.4 Å². The van der Waals surface area contributed by atoms with Gasteiger partial charge in [-0.05, 0) is 72.8 Å². The maximum atomic E-state index is 12.7. The Morgan fingerprint density at radius 3 is 1.97 bits per heavy atom. The Morgan fingerprint density at radius 1 is 0.867 bits per heavy atom. The molecule has 6 rings (SSSR count). The van der Waals surface area contributed by atoms with Gasteiger partial charge in [-0.15, -0.1) is 0 Å². The van der Waals surface area contributed by atoms with Crippen molar-refractivity contribution < 1.29 is 14.3 Å². The second-order valence-corrected chi connectivity index (χ2v) is 9.18. The van der Waals surface area contributed by atoms with Crippen LogP contribution in [0.5, 0.6) is 0 Å². The third kappa shape index (κ3) is 3.08. The fourth-order valence-corrected chi connectivity index (χ4v) is 5.73. The van der Waals surface area contributed by atoms with Crippen LogP contribution in [0.2, 0.25) is 0 Å². The molecule has 3 aliphatic carbocycles. The highest BCUT2D eigenvalue weighted by molar-refractivity contribution is 5.89. The third-order valence-corrected chi connectivity index (χ3v) is 7.74. The van der Waals surface area contributed by atoms with E-state index in [0.717, 1.165) is 44.2 Å². The topological polar surface area (TPSA) is 58.6 Å². The number of hydrogen-bond acceptors (Lipinski definition) is 3. The van der Waals surface area contributed by atoms with E-state index >= 15 is 0 Å². The second kappa shape index (κ2) is 7.15. The number of anilines is 1. The number of fused-ring (bicyclic) bond motifs is 4. The number of ether oxygens (including phenoxy) is 1. The summed E-state index contributed by atoms with van der Waals surface area (Å²) in [4.78, 5) is 26.8. The number of hydrogen-bond donors (Lipinski definition) is 1. The molecule has 2 aromatic carbocycles. The van der Waals surface area contributed by atoms with Crippen LogP contribution in [-0.4, -0.2) is 24.0 Å². The molecular weight excluding hydrogens is 376 g/mol. The van der Waals surface area contributed by atoms with E-state index in [1.165, 1.54) is 23.8 Å². The van der Waals surface area contributed by atoms with E-state index in [1.807, 2.05) is 29.2 Å². The van der Waals surface area contributed by atoms with Crippen molar-refractivity contribution in [1.29, 1.82) is 0 Å². The van der Waals surface area contributed by atoms with Gasteiger partial charge in [-0.2, -0.15) is 0 Å². The molecule has 1 N–H and O–H groups in total. The van der Waals surface area contributed by atoms with E-state index in [2.05, 4.69) is 29.6 Å². The Hall–Kier alpha value is -2.82. The molecule has 2 amide bonds. The standard InChI is InChI=1S/C25H28N2O3/c1-30-22(28)25-13-10-24(11-14-25,12-15-25)20-6-8-21(9-7-20)26-23(29)27-16-18-4-2-3-5-19(18)17-27/h2-9H,10-17H2,1H3,(H,26,29). The Morgan fingerprint density at radius 2 is 1.43 bits per heavy atom. The van der Waals surface area contributed by atoms with Gasteiger partial charge in [0.15, 0.2) is 0 Å². The van der Waals surface area contributed by atoms with Gasteiger partial charge in [0.05, 0.1) is 12.5 Å². The van der Waals surface area contributed by atoms with Crippen molar-refractivity contribution in [3.63, 3.8) is 0 Å². The normalized spacial score (nSPS) is 26.9. The number of carbonyl (C=O) groups excluding carboxylic acids is 2. The monoisotopic (exact) mass is 404 g/mol. The van der Waals surface area contributed by atoms with Crippen LogP contribution in [0.15, 0.2) is 48.5 Å². The Kier molecular flexibility index (Phi) is 4.57. The molecule has 4 aliphatic rings. The van der Waals surface area contributed by atoms with E-state index < -0.39 is 0 Å². The van der Waals surface area contributed by atoms with Crippen molar-refractivity contribution in [1.82, 2.24) is 4.90 Å². The van der Waals surface area contributed by atoms with Gasteiger partial charge in [0.2, 0.25) is 0 Å². The predicted molar refractivity (Wildman–Crippen MR) is 115 cm³/mol. The fourth-order valence-electron chi connectivity index (χ4n) is 5.73. The summed E-state index contributed by atoms with van der Waals surface area (Å²) >= 11 is 0. The van der Waals surface area contributed by atoms with Crippen LogP contribution in [0.25, 0.3) is 0 Å². The first-order chi connectivity index (χ1) is 14.5. The summed E-state index contributed by atoms with van der Waals surface area (Å²) in [7, 11) is 1.50. The van der Waals surface area contributed by atoms with Gasteiger partial charge in [-0.3, -0.25) is 4.79 Å². The molecule has 30 heavy (non-hydrogen) atoms. The van der Waals surface area contributed by atoms with E-state index in [0.29, 0.717) is 13.1 Å². The number of nitrogens with zero attached hydrogens (tertiary/aromatic N) is 1. The maximum Gasteiger partial charge on any atom is 0.322 e. The highest BCUT2D eigenvalue weighted by Crippen LogP contribution is 2.58. The van der Waals surface area contributed by atoms with E-state index in [1.54, 1.807) is 0 Å². The lowest BCUT2D eigenvalue weighted by atomic mass is 9.52. The molecule has 0 aromatic heterocycles. The average Bonchev–Trinajstić information content (AvgIpc) is 3.25. The molecule has 2 bridgehead atoms. The number of urea groups is 1. The number of amides is 2. The van der Waals surface area contributed by atoms with Gasteiger partial charge in [0.1, 0.15) is 0 Å². The van der Waals surface area contributed by atoms with Crippen molar-refractivity contribution in [2.75, 3.05) is 12.4 Å². The first-order valence-electron chi connectivity index (χ1n) is 10.9. The largest absolute Gasteiger partial charge is 0.469 e. The lowest BCUT2D eigenvalue weighted by Gasteiger charge is -2.52. The Balaban J connectivity index is 1.24. The third-order valence-electron chi connectivity index (χ3n) is 7.74. The molecular formula is C25H28N2O3. The number of esters is 1. The highest BCUT2D eigenvalue weighted by atomic mass is 16.5. The summed E-state index contributed by atoms with van der Waals surface area (Å²) in [6, 6.07) is 16.5. The van der Waals surface area contributed by atoms with Crippen LogP contribution >= 0.6 is 0 Å². The summed E-state index contributed by atoms with van der Waals surface area (Å²) in [5.41, 5.74) is 4.51. The zero-order valence-electron chi connectivity index (χ0n) is 17.4. The predicted octanol–water partition coefficient (Wildman–Crippen LogP) is 5.00. The number of nitrogens with one attached hydrogen (secondary N) is 1. The van der Waals surface area contributed by atoms with Gasteiger partial charge in [0, 0.05) is 18.8 Å². The molecule has 0 spiro atoms. The van der Waals surface area contributed by atoms with Crippen molar-refractivity contribution in [2.45, 2.75) is 57.0 Å². The van der Waals surface area contributed by atoms with Gasteiger partial charge in [0.25, 0.3) is 0 Å². The van der Waals surface area contributed by atoms with Crippen LogP contribution < -0.4 is 5.32 Å².